The highest BCUT2D eigenvalue weighted by atomic mass is 16.2. The molecule has 1 aromatic rings. The van der Waals surface area contributed by atoms with Gasteiger partial charge in [-0.25, -0.2) is 4.79 Å². The maximum atomic E-state index is 11.8. The summed E-state index contributed by atoms with van der Waals surface area (Å²) in [7, 11) is 1.68. The number of nitriles is 1. The largest absolute Gasteiger partial charge is 0.326 e. The van der Waals surface area contributed by atoms with Gasteiger partial charge in [0, 0.05) is 19.3 Å². The fourth-order valence-electron chi connectivity index (χ4n) is 1.48. The molecule has 4 heteroatoms. The lowest BCUT2D eigenvalue weighted by atomic mass is 10.2. The second kappa shape index (κ2) is 5.90. The van der Waals surface area contributed by atoms with Crippen molar-refractivity contribution in [2.75, 3.05) is 18.9 Å². The molecular formula is C13H17N3O. The molecule has 0 heterocycles. The van der Waals surface area contributed by atoms with Gasteiger partial charge in [-0.05, 0) is 31.5 Å². The van der Waals surface area contributed by atoms with Crippen molar-refractivity contribution in [1.82, 2.24) is 4.90 Å². The van der Waals surface area contributed by atoms with Crippen LogP contribution in [0.1, 0.15) is 12.5 Å². The number of hydrogen-bond donors (Lipinski definition) is 1. The van der Waals surface area contributed by atoms with Gasteiger partial charge in [0.15, 0.2) is 0 Å². The summed E-state index contributed by atoms with van der Waals surface area (Å²) in [6, 6.07) is 9.51. The summed E-state index contributed by atoms with van der Waals surface area (Å²) in [4.78, 5) is 13.3. The number of carbonyl (C=O) groups is 1. The van der Waals surface area contributed by atoms with E-state index >= 15 is 0 Å². The maximum Gasteiger partial charge on any atom is 0.321 e. The standard InChI is InChI=1S/C13H17N3O/c1-10-5-4-6-12(7-10)15-13(17)16(3)9-11(2)8-14/h4-7,11H,9H2,1-3H3,(H,15,17). The van der Waals surface area contributed by atoms with E-state index in [0.717, 1.165) is 11.3 Å². The zero-order valence-corrected chi connectivity index (χ0v) is 10.4. The normalized spacial score (nSPS) is 11.4. The summed E-state index contributed by atoms with van der Waals surface area (Å²) >= 11 is 0. The number of rotatable bonds is 3. The number of urea groups is 1. The van der Waals surface area contributed by atoms with Crippen molar-refractivity contribution in [2.45, 2.75) is 13.8 Å². The zero-order valence-electron chi connectivity index (χ0n) is 10.4. The van der Waals surface area contributed by atoms with Crippen molar-refractivity contribution in [3.8, 4) is 6.07 Å². The Morgan fingerprint density at radius 2 is 2.29 bits per heavy atom. The third-order valence-corrected chi connectivity index (χ3v) is 2.38. The quantitative estimate of drug-likeness (QED) is 0.869. The number of nitrogens with one attached hydrogen (secondary N) is 1. The molecule has 1 N–H and O–H groups in total. The molecule has 1 unspecified atom stereocenters. The molecule has 2 amide bonds. The minimum absolute atomic E-state index is 0.164. The van der Waals surface area contributed by atoms with Gasteiger partial charge in [0.2, 0.25) is 0 Å². The number of hydrogen-bond acceptors (Lipinski definition) is 2. The Morgan fingerprint density at radius 1 is 1.59 bits per heavy atom. The Bertz CT molecular complexity index is 437. The number of aryl methyl sites for hydroxylation is 1. The van der Waals surface area contributed by atoms with Gasteiger partial charge in [0.1, 0.15) is 0 Å². The van der Waals surface area contributed by atoms with Gasteiger partial charge in [0.05, 0.1) is 12.0 Å². The van der Waals surface area contributed by atoms with E-state index in [1.54, 1.807) is 14.0 Å². The number of amides is 2. The van der Waals surface area contributed by atoms with E-state index in [1.807, 2.05) is 31.2 Å². The molecule has 0 spiro atoms. The first-order valence-electron chi connectivity index (χ1n) is 5.51. The van der Waals surface area contributed by atoms with E-state index in [2.05, 4.69) is 11.4 Å². The van der Waals surface area contributed by atoms with Gasteiger partial charge < -0.3 is 10.2 Å². The van der Waals surface area contributed by atoms with Gasteiger partial charge in [-0.15, -0.1) is 0 Å². The Morgan fingerprint density at radius 3 is 2.88 bits per heavy atom. The molecule has 17 heavy (non-hydrogen) atoms. The molecule has 0 aliphatic heterocycles. The third-order valence-electron chi connectivity index (χ3n) is 2.38. The van der Waals surface area contributed by atoms with Crippen LogP contribution < -0.4 is 5.32 Å². The molecule has 0 saturated heterocycles. The molecule has 1 aromatic carbocycles. The third kappa shape index (κ3) is 4.15. The summed E-state index contributed by atoms with van der Waals surface area (Å²) in [5, 5.41) is 11.5. The van der Waals surface area contributed by atoms with Crippen LogP contribution in [0.4, 0.5) is 10.5 Å². The first-order valence-corrected chi connectivity index (χ1v) is 5.51. The van der Waals surface area contributed by atoms with E-state index in [4.69, 9.17) is 5.26 Å². The predicted molar refractivity (Wildman–Crippen MR) is 67.6 cm³/mol. The molecule has 0 saturated carbocycles. The fourth-order valence-corrected chi connectivity index (χ4v) is 1.48. The van der Waals surface area contributed by atoms with Gasteiger partial charge in [-0.2, -0.15) is 5.26 Å². The van der Waals surface area contributed by atoms with Crippen LogP contribution in [-0.4, -0.2) is 24.5 Å². The van der Waals surface area contributed by atoms with Gasteiger partial charge in [-0.3, -0.25) is 0 Å². The smallest absolute Gasteiger partial charge is 0.321 e. The molecule has 0 radical (unpaired) electrons. The topological polar surface area (TPSA) is 56.1 Å². The number of anilines is 1. The molecule has 0 aliphatic carbocycles. The lowest BCUT2D eigenvalue weighted by Gasteiger charge is -2.19. The van der Waals surface area contributed by atoms with Crippen LogP contribution in [0.25, 0.3) is 0 Å². The minimum Gasteiger partial charge on any atom is -0.326 e. The Kier molecular flexibility index (Phi) is 4.53. The molecular weight excluding hydrogens is 214 g/mol. The summed E-state index contributed by atoms with van der Waals surface area (Å²) in [6.07, 6.45) is 0. The number of carbonyl (C=O) groups excluding carboxylic acids is 1. The Hall–Kier alpha value is -2.02. The molecule has 0 bridgehead atoms. The fraction of sp³-hybridized carbons (Fsp3) is 0.385. The summed E-state index contributed by atoms with van der Waals surface area (Å²) in [5.41, 5.74) is 1.86. The monoisotopic (exact) mass is 231 g/mol. The number of nitrogens with zero attached hydrogens (tertiary/aromatic N) is 2. The molecule has 0 fully saturated rings. The first kappa shape index (κ1) is 13.0. The van der Waals surface area contributed by atoms with Crippen molar-refractivity contribution in [3.63, 3.8) is 0 Å². The van der Waals surface area contributed by atoms with Crippen LogP contribution in [0.15, 0.2) is 24.3 Å². The highest BCUT2D eigenvalue weighted by Gasteiger charge is 2.11. The van der Waals surface area contributed by atoms with E-state index in [-0.39, 0.29) is 11.9 Å². The van der Waals surface area contributed by atoms with Gasteiger partial charge >= 0.3 is 6.03 Å². The van der Waals surface area contributed by atoms with Crippen molar-refractivity contribution in [2.24, 2.45) is 5.92 Å². The highest BCUT2D eigenvalue weighted by molar-refractivity contribution is 5.89. The van der Waals surface area contributed by atoms with Crippen molar-refractivity contribution in [1.29, 1.82) is 5.26 Å². The van der Waals surface area contributed by atoms with Crippen molar-refractivity contribution < 1.29 is 4.79 Å². The second-order valence-electron chi connectivity index (χ2n) is 4.21. The van der Waals surface area contributed by atoms with Crippen molar-refractivity contribution in [3.05, 3.63) is 29.8 Å². The molecule has 1 atom stereocenters. The van der Waals surface area contributed by atoms with E-state index in [9.17, 15) is 4.79 Å². The van der Waals surface area contributed by atoms with E-state index in [0.29, 0.717) is 6.54 Å². The van der Waals surface area contributed by atoms with Crippen LogP contribution in [-0.2, 0) is 0 Å². The molecule has 0 aromatic heterocycles. The van der Waals surface area contributed by atoms with E-state index in [1.165, 1.54) is 4.90 Å². The van der Waals surface area contributed by atoms with Crippen LogP contribution >= 0.6 is 0 Å². The van der Waals surface area contributed by atoms with E-state index < -0.39 is 0 Å². The lowest BCUT2D eigenvalue weighted by molar-refractivity contribution is 0.219. The first-order chi connectivity index (χ1) is 8.02. The summed E-state index contributed by atoms with van der Waals surface area (Å²) in [6.45, 7) is 4.18. The van der Waals surface area contributed by atoms with Crippen LogP contribution in [0.5, 0.6) is 0 Å². The second-order valence-corrected chi connectivity index (χ2v) is 4.21. The van der Waals surface area contributed by atoms with Crippen LogP contribution in [0, 0.1) is 24.2 Å². The minimum atomic E-state index is -0.197. The molecule has 1 rings (SSSR count). The van der Waals surface area contributed by atoms with Crippen LogP contribution in [0.2, 0.25) is 0 Å². The highest BCUT2D eigenvalue weighted by Crippen LogP contribution is 2.10. The number of benzene rings is 1. The summed E-state index contributed by atoms with van der Waals surface area (Å²) < 4.78 is 0. The van der Waals surface area contributed by atoms with Gasteiger partial charge in [-0.1, -0.05) is 12.1 Å². The molecule has 90 valence electrons. The predicted octanol–water partition coefficient (Wildman–Crippen LogP) is 2.62. The van der Waals surface area contributed by atoms with Crippen LogP contribution in [0.3, 0.4) is 0 Å². The average Bonchev–Trinajstić information content (AvgIpc) is 2.28. The molecule has 0 aliphatic rings. The zero-order chi connectivity index (χ0) is 12.8. The average molecular weight is 231 g/mol. The molecule has 4 nitrogen and oxygen atoms in total. The van der Waals surface area contributed by atoms with Crippen molar-refractivity contribution >= 4 is 11.7 Å². The lowest BCUT2D eigenvalue weighted by Crippen LogP contribution is -2.34. The van der Waals surface area contributed by atoms with Gasteiger partial charge in [0.25, 0.3) is 0 Å². The summed E-state index contributed by atoms with van der Waals surface area (Å²) in [5.74, 6) is -0.164. The Labute approximate surface area is 102 Å². The Balaban J connectivity index is 2.58. The maximum absolute atomic E-state index is 11.8. The SMILES string of the molecule is Cc1cccc(NC(=O)N(C)CC(C)C#N)c1.